The first-order chi connectivity index (χ1) is 13.7. The van der Waals surface area contributed by atoms with Crippen molar-refractivity contribution in [2.45, 2.75) is 26.3 Å². The summed E-state index contributed by atoms with van der Waals surface area (Å²) in [4.78, 5) is 12.7. The lowest BCUT2D eigenvalue weighted by Gasteiger charge is -2.25. The van der Waals surface area contributed by atoms with Crippen molar-refractivity contribution in [2.75, 3.05) is 31.3 Å². The molecular formula is C21H28N2O5S. The molecule has 2 aromatic rings. The molecule has 7 nitrogen and oxygen atoms in total. The molecule has 1 N–H and O–H groups in total. The third kappa shape index (κ3) is 5.87. The fourth-order valence-corrected chi connectivity index (χ4v) is 3.86. The molecule has 0 bridgehead atoms. The maximum atomic E-state index is 12.7. The quantitative estimate of drug-likeness (QED) is 0.674. The summed E-state index contributed by atoms with van der Waals surface area (Å²) in [6.45, 7) is 3.46. The van der Waals surface area contributed by atoms with Gasteiger partial charge in [0.15, 0.2) is 0 Å². The van der Waals surface area contributed by atoms with Crippen LogP contribution in [0.3, 0.4) is 0 Å². The number of anilines is 1. The van der Waals surface area contributed by atoms with Gasteiger partial charge in [-0.3, -0.25) is 9.10 Å². The Balaban J connectivity index is 2.25. The number of hydrogen-bond donors (Lipinski definition) is 1. The van der Waals surface area contributed by atoms with Gasteiger partial charge in [-0.1, -0.05) is 25.1 Å². The Bertz CT molecular complexity index is 942. The maximum absolute atomic E-state index is 12.7. The van der Waals surface area contributed by atoms with Crippen LogP contribution in [0.1, 0.15) is 30.5 Å². The molecule has 0 radical (unpaired) electrons. The normalized spacial score (nSPS) is 12.2. The molecule has 8 heteroatoms. The van der Waals surface area contributed by atoms with Crippen molar-refractivity contribution in [1.29, 1.82) is 0 Å². The standard InChI is InChI=1S/C21H28N2O5S/c1-6-18(16-8-10-17(27-3)11-9-16)22-21(24)14-23(29(5,25)26)19-13-15(2)7-12-20(19)28-4/h7-13,18H,6,14H2,1-5H3,(H,22,24)/t18-/m1/s1. The third-order valence-electron chi connectivity index (χ3n) is 4.55. The van der Waals surface area contributed by atoms with Crippen LogP contribution >= 0.6 is 0 Å². The van der Waals surface area contributed by atoms with Crippen LogP contribution in [0.4, 0.5) is 5.69 Å². The summed E-state index contributed by atoms with van der Waals surface area (Å²) in [5.41, 5.74) is 2.11. The summed E-state index contributed by atoms with van der Waals surface area (Å²) in [5, 5.41) is 2.92. The van der Waals surface area contributed by atoms with Crippen LogP contribution < -0.4 is 19.1 Å². The average molecular weight is 421 g/mol. The van der Waals surface area contributed by atoms with Gasteiger partial charge < -0.3 is 14.8 Å². The lowest BCUT2D eigenvalue weighted by atomic mass is 10.0. The topological polar surface area (TPSA) is 84.9 Å². The molecule has 158 valence electrons. The molecule has 0 aliphatic carbocycles. The van der Waals surface area contributed by atoms with Gasteiger partial charge >= 0.3 is 0 Å². The molecular weight excluding hydrogens is 392 g/mol. The number of hydrogen-bond acceptors (Lipinski definition) is 5. The summed E-state index contributed by atoms with van der Waals surface area (Å²) in [5.74, 6) is 0.711. The van der Waals surface area contributed by atoms with Crippen molar-refractivity contribution in [1.82, 2.24) is 5.32 Å². The van der Waals surface area contributed by atoms with Crippen molar-refractivity contribution >= 4 is 21.6 Å². The molecule has 2 rings (SSSR count). The Morgan fingerprint density at radius 3 is 2.28 bits per heavy atom. The van der Waals surface area contributed by atoms with E-state index in [1.54, 1.807) is 19.2 Å². The SMILES string of the molecule is CC[C@@H](NC(=O)CN(c1cc(C)ccc1OC)S(C)(=O)=O)c1ccc(OC)cc1. The summed E-state index contributed by atoms with van der Waals surface area (Å²) in [7, 11) is -0.648. The third-order valence-corrected chi connectivity index (χ3v) is 5.68. The van der Waals surface area contributed by atoms with E-state index in [4.69, 9.17) is 9.47 Å². The van der Waals surface area contributed by atoms with E-state index in [1.165, 1.54) is 7.11 Å². The van der Waals surface area contributed by atoms with E-state index < -0.39 is 15.9 Å². The Morgan fingerprint density at radius 2 is 1.76 bits per heavy atom. The van der Waals surface area contributed by atoms with Gasteiger partial charge in [0.2, 0.25) is 15.9 Å². The first kappa shape index (κ1) is 22.5. The second-order valence-electron chi connectivity index (χ2n) is 6.75. The highest BCUT2D eigenvalue weighted by Crippen LogP contribution is 2.31. The van der Waals surface area contributed by atoms with Gasteiger partial charge in [-0.2, -0.15) is 0 Å². The fourth-order valence-electron chi connectivity index (χ4n) is 3.00. The highest BCUT2D eigenvalue weighted by molar-refractivity contribution is 7.92. The largest absolute Gasteiger partial charge is 0.497 e. The van der Waals surface area contributed by atoms with E-state index in [2.05, 4.69) is 5.32 Å². The molecule has 0 aliphatic rings. The zero-order chi connectivity index (χ0) is 21.6. The van der Waals surface area contributed by atoms with Gasteiger partial charge in [0, 0.05) is 0 Å². The highest BCUT2D eigenvalue weighted by atomic mass is 32.2. The van der Waals surface area contributed by atoms with Crippen LogP contribution in [0.5, 0.6) is 11.5 Å². The number of methoxy groups -OCH3 is 2. The molecule has 29 heavy (non-hydrogen) atoms. The molecule has 0 heterocycles. The van der Waals surface area contributed by atoms with Gasteiger partial charge in [-0.05, 0) is 48.7 Å². The monoisotopic (exact) mass is 420 g/mol. The van der Waals surface area contributed by atoms with E-state index in [0.717, 1.165) is 27.4 Å². The van der Waals surface area contributed by atoms with Gasteiger partial charge in [-0.25, -0.2) is 8.42 Å². The van der Waals surface area contributed by atoms with Crippen molar-refractivity contribution in [3.05, 3.63) is 53.6 Å². The molecule has 0 unspecified atom stereocenters. The second kappa shape index (κ2) is 9.65. The van der Waals surface area contributed by atoms with Gasteiger partial charge in [0.1, 0.15) is 18.0 Å². The lowest BCUT2D eigenvalue weighted by molar-refractivity contribution is -0.120. The zero-order valence-electron chi connectivity index (χ0n) is 17.4. The van der Waals surface area contributed by atoms with E-state index in [-0.39, 0.29) is 12.6 Å². The summed E-state index contributed by atoms with van der Waals surface area (Å²) in [6, 6.07) is 12.4. The van der Waals surface area contributed by atoms with Crippen LogP contribution in [-0.2, 0) is 14.8 Å². The minimum Gasteiger partial charge on any atom is -0.497 e. The Hall–Kier alpha value is -2.74. The number of ether oxygens (including phenoxy) is 2. The molecule has 0 spiro atoms. The van der Waals surface area contributed by atoms with Crippen LogP contribution in [0.15, 0.2) is 42.5 Å². The predicted molar refractivity (Wildman–Crippen MR) is 114 cm³/mol. The minimum absolute atomic E-state index is 0.241. The lowest BCUT2D eigenvalue weighted by Crippen LogP contribution is -2.41. The Morgan fingerprint density at radius 1 is 1.10 bits per heavy atom. The smallest absolute Gasteiger partial charge is 0.241 e. The maximum Gasteiger partial charge on any atom is 0.241 e. The van der Waals surface area contributed by atoms with Gasteiger partial charge in [0.25, 0.3) is 0 Å². The van der Waals surface area contributed by atoms with Gasteiger partial charge in [-0.15, -0.1) is 0 Å². The number of nitrogens with zero attached hydrogens (tertiary/aromatic N) is 1. The number of benzene rings is 2. The average Bonchev–Trinajstić information content (AvgIpc) is 2.69. The zero-order valence-corrected chi connectivity index (χ0v) is 18.2. The molecule has 1 atom stereocenters. The highest BCUT2D eigenvalue weighted by Gasteiger charge is 2.25. The van der Waals surface area contributed by atoms with E-state index >= 15 is 0 Å². The molecule has 0 saturated heterocycles. The summed E-state index contributed by atoms with van der Waals surface area (Å²) < 4.78 is 36.4. The first-order valence-electron chi connectivity index (χ1n) is 9.25. The number of nitrogens with one attached hydrogen (secondary N) is 1. The molecule has 0 fully saturated rings. The van der Waals surface area contributed by atoms with E-state index in [9.17, 15) is 13.2 Å². The van der Waals surface area contributed by atoms with Crippen molar-refractivity contribution < 1.29 is 22.7 Å². The molecule has 0 saturated carbocycles. The van der Waals surface area contributed by atoms with Crippen molar-refractivity contribution in [3.63, 3.8) is 0 Å². The number of aryl methyl sites for hydroxylation is 1. The fraction of sp³-hybridized carbons (Fsp3) is 0.381. The van der Waals surface area contributed by atoms with Crippen LogP contribution in [-0.4, -0.2) is 41.3 Å². The summed E-state index contributed by atoms with van der Waals surface area (Å²) in [6.07, 6.45) is 1.73. The number of carbonyl (C=O) groups excluding carboxylic acids is 1. The van der Waals surface area contributed by atoms with E-state index in [0.29, 0.717) is 17.9 Å². The van der Waals surface area contributed by atoms with Crippen molar-refractivity contribution in [3.8, 4) is 11.5 Å². The number of carbonyl (C=O) groups is 1. The number of amides is 1. The van der Waals surface area contributed by atoms with Crippen LogP contribution in [0, 0.1) is 6.92 Å². The van der Waals surface area contributed by atoms with E-state index in [1.807, 2.05) is 44.2 Å². The predicted octanol–water partition coefficient (Wildman–Crippen LogP) is 3.05. The molecule has 0 aliphatic heterocycles. The van der Waals surface area contributed by atoms with Gasteiger partial charge in [0.05, 0.1) is 32.2 Å². The minimum atomic E-state index is -3.70. The Labute approximate surface area is 172 Å². The first-order valence-corrected chi connectivity index (χ1v) is 11.1. The number of rotatable bonds is 9. The molecule has 2 aromatic carbocycles. The molecule has 0 aromatic heterocycles. The summed E-state index contributed by atoms with van der Waals surface area (Å²) >= 11 is 0. The Kier molecular flexibility index (Phi) is 7.50. The number of sulfonamides is 1. The van der Waals surface area contributed by atoms with Crippen LogP contribution in [0.2, 0.25) is 0 Å². The van der Waals surface area contributed by atoms with Crippen molar-refractivity contribution in [2.24, 2.45) is 0 Å². The molecule has 1 amide bonds. The van der Waals surface area contributed by atoms with Crippen LogP contribution in [0.25, 0.3) is 0 Å². The second-order valence-corrected chi connectivity index (χ2v) is 8.65.